The Balaban J connectivity index is 0.000000286. The molecule has 1 fully saturated rings. The standard InChI is InChI=1S/C11H13Cl2N.C2H5N3O/c1-14-3-2-8(7-14)9-4-10(12)6-11(13)5-9;3-2(4)5-1-6/h4-6,8H,2-3,7H2,1H3;1H,(H4,3,4,5,6). The van der Waals surface area contributed by atoms with Crippen molar-refractivity contribution in [3.05, 3.63) is 33.8 Å². The molecule has 1 unspecified atom stereocenters. The summed E-state index contributed by atoms with van der Waals surface area (Å²) in [5, 5.41) is 1.48. The molecule has 20 heavy (non-hydrogen) atoms. The molecule has 2 rings (SSSR count). The summed E-state index contributed by atoms with van der Waals surface area (Å²) in [6.45, 7) is 2.27. The number of carbonyl (C=O) groups is 1. The van der Waals surface area contributed by atoms with Crippen molar-refractivity contribution in [2.45, 2.75) is 12.3 Å². The molecule has 1 aliphatic rings. The SMILES string of the molecule is CN1CCC(c2cc(Cl)cc(Cl)c2)C1.NC(N)=NC=O. The third-order valence-corrected chi connectivity index (χ3v) is 3.39. The molecule has 1 aromatic carbocycles. The van der Waals surface area contributed by atoms with E-state index in [4.69, 9.17) is 34.7 Å². The van der Waals surface area contributed by atoms with Crippen molar-refractivity contribution in [1.82, 2.24) is 4.90 Å². The maximum Gasteiger partial charge on any atom is 0.236 e. The van der Waals surface area contributed by atoms with Gasteiger partial charge in [-0.3, -0.25) is 4.79 Å². The van der Waals surface area contributed by atoms with Gasteiger partial charge in [-0.1, -0.05) is 23.2 Å². The lowest BCUT2D eigenvalue weighted by Gasteiger charge is -2.11. The van der Waals surface area contributed by atoms with Crippen molar-refractivity contribution in [3.8, 4) is 0 Å². The number of nitrogens with two attached hydrogens (primary N) is 2. The van der Waals surface area contributed by atoms with Crippen LogP contribution in [-0.4, -0.2) is 37.4 Å². The Kier molecular flexibility index (Phi) is 6.78. The molecule has 5 nitrogen and oxygen atoms in total. The van der Waals surface area contributed by atoms with E-state index in [0.29, 0.717) is 5.92 Å². The fraction of sp³-hybridized carbons (Fsp3) is 0.385. The van der Waals surface area contributed by atoms with Gasteiger partial charge in [0.2, 0.25) is 6.41 Å². The molecule has 0 spiro atoms. The molecule has 0 radical (unpaired) electrons. The average molecular weight is 317 g/mol. The summed E-state index contributed by atoms with van der Waals surface area (Å²) in [7, 11) is 2.14. The molecule has 1 atom stereocenters. The van der Waals surface area contributed by atoms with Crippen LogP contribution in [0.3, 0.4) is 0 Å². The highest BCUT2D eigenvalue weighted by molar-refractivity contribution is 6.34. The van der Waals surface area contributed by atoms with Crippen LogP contribution in [-0.2, 0) is 4.79 Å². The number of hydrogen-bond acceptors (Lipinski definition) is 2. The zero-order chi connectivity index (χ0) is 15.1. The Hall–Kier alpha value is -1.30. The second-order valence-corrected chi connectivity index (χ2v) is 5.48. The highest BCUT2D eigenvalue weighted by atomic mass is 35.5. The molecular formula is C13H18Cl2N4O. The van der Waals surface area contributed by atoms with Crippen molar-refractivity contribution < 1.29 is 4.79 Å². The fourth-order valence-electron chi connectivity index (χ4n) is 2.08. The van der Waals surface area contributed by atoms with Gasteiger partial charge in [-0.2, -0.15) is 4.99 Å². The van der Waals surface area contributed by atoms with Crippen molar-refractivity contribution in [1.29, 1.82) is 0 Å². The maximum absolute atomic E-state index is 9.27. The molecule has 0 saturated carbocycles. The molecule has 110 valence electrons. The van der Waals surface area contributed by atoms with Crippen LogP contribution >= 0.6 is 23.2 Å². The minimum absolute atomic E-state index is 0.204. The number of rotatable bonds is 2. The van der Waals surface area contributed by atoms with Gasteiger partial charge in [0.1, 0.15) is 0 Å². The number of amides is 1. The summed E-state index contributed by atoms with van der Waals surface area (Å²) in [6.07, 6.45) is 1.49. The number of hydrogen-bond donors (Lipinski definition) is 2. The summed E-state index contributed by atoms with van der Waals surface area (Å²) in [5.74, 6) is 0.390. The van der Waals surface area contributed by atoms with E-state index in [2.05, 4.69) is 16.9 Å². The topological polar surface area (TPSA) is 84.7 Å². The predicted molar refractivity (Wildman–Crippen MR) is 83.2 cm³/mol. The number of halogens is 2. The minimum Gasteiger partial charge on any atom is -0.370 e. The lowest BCUT2D eigenvalue weighted by atomic mass is 9.99. The van der Waals surface area contributed by atoms with Crippen LogP contribution in [0.25, 0.3) is 0 Å². The minimum atomic E-state index is -0.204. The summed E-state index contributed by atoms with van der Waals surface area (Å²) >= 11 is 11.9. The maximum atomic E-state index is 9.27. The lowest BCUT2D eigenvalue weighted by molar-refractivity contribution is -0.106. The molecule has 1 aliphatic heterocycles. The Morgan fingerprint density at radius 3 is 2.30 bits per heavy atom. The van der Waals surface area contributed by atoms with E-state index in [1.165, 1.54) is 12.0 Å². The second-order valence-electron chi connectivity index (χ2n) is 4.61. The highest BCUT2D eigenvalue weighted by Crippen LogP contribution is 2.30. The Bertz CT molecular complexity index is 469. The number of likely N-dealkylation sites (N-methyl/N-ethyl adjacent to an activating group) is 1. The normalized spacial score (nSPS) is 18.1. The number of benzene rings is 1. The lowest BCUT2D eigenvalue weighted by Crippen LogP contribution is -2.22. The van der Waals surface area contributed by atoms with Crippen molar-refractivity contribution in [3.63, 3.8) is 0 Å². The van der Waals surface area contributed by atoms with E-state index in [1.807, 2.05) is 12.1 Å². The zero-order valence-electron chi connectivity index (χ0n) is 11.2. The van der Waals surface area contributed by atoms with Gasteiger partial charge in [0.25, 0.3) is 0 Å². The van der Waals surface area contributed by atoms with E-state index < -0.39 is 0 Å². The van der Waals surface area contributed by atoms with E-state index in [9.17, 15) is 4.79 Å². The fourth-order valence-corrected chi connectivity index (χ4v) is 2.62. The van der Waals surface area contributed by atoms with Crippen LogP contribution in [0.4, 0.5) is 0 Å². The third-order valence-electron chi connectivity index (χ3n) is 2.95. The first-order valence-corrected chi connectivity index (χ1v) is 6.85. The number of aliphatic imine (C=N–C) groups is 1. The third kappa shape index (κ3) is 5.77. The number of likely N-dealkylation sites (tertiary alicyclic amines) is 1. The summed E-state index contributed by atoms with van der Waals surface area (Å²) < 4.78 is 0. The molecule has 1 saturated heterocycles. The van der Waals surface area contributed by atoms with E-state index >= 15 is 0 Å². The van der Waals surface area contributed by atoms with Gasteiger partial charge in [0.05, 0.1) is 0 Å². The van der Waals surface area contributed by atoms with E-state index in [1.54, 1.807) is 6.07 Å². The molecule has 1 aromatic rings. The number of carbonyl (C=O) groups excluding carboxylic acids is 1. The van der Waals surface area contributed by atoms with Crippen LogP contribution in [0.2, 0.25) is 10.0 Å². The molecule has 4 N–H and O–H groups in total. The number of guanidine groups is 1. The van der Waals surface area contributed by atoms with Gasteiger partial charge in [-0.05, 0) is 49.7 Å². The van der Waals surface area contributed by atoms with Crippen molar-refractivity contribution >= 4 is 35.6 Å². The Morgan fingerprint density at radius 2 is 1.95 bits per heavy atom. The first-order valence-electron chi connectivity index (χ1n) is 6.09. The first kappa shape index (κ1) is 16.8. The quantitative estimate of drug-likeness (QED) is 0.495. The Morgan fingerprint density at radius 1 is 1.35 bits per heavy atom. The van der Waals surface area contributed by atoms with Crippen molar-refractivity contribution in [2.75, 3.05) is 20.1 Å². The molecule has 1 amide bonds. The summed E-state index contributed by atoms with van der Waals surface area (Å²) in [6, 6.07) is 5.83. The summed E-state index contributed by atoms with van der Waals surface area (Å²) in [4.78, 5) is 14.5. The van der Waals surface area contributed by atoms with Gasteiger partial charge in [0, 0.05) is 16.6 Å². The highest BCUT2D eigenvalue weighted by Gasteiger charge is 2.21. The van der Waals surface area contributed by atoms with Gasteiger partial charge >= 0.3 is 0 Å². The van der Waals surface area contributed by atoms with Crippen LogP contribution in [0.15, 0.2) is 23.2 Å². The van der Waals surface area contributed by atoms with Crippen LogP contribution < -0.4 is 11.5 Å². The van der Waals surface area contributed by atoms with Gasteiger partial charge in [0.15, 0.2) is 5.96 Å². The molecule has 1 heterocycles. The predicted octanol–water partition coefficient (Wildman–Crippen LogP) is 1.83. The van der Waals surface area contributed by atoms with Gasteiger partial charge in [-0.15, -0.1) is 0 Å². The average Bonchev–Trinajstić information content (AvgIpc) is 2.75. The molecule has 0 bridgehead atoms. The number of nitrogens with zero attached hydrogens (tertiary/aromatic N) is 2. The molecule has 0 aliphatic carbocycles. The van der Waals surface area contributed by atoms with Crippen LogP contribution in [0.5, 0.6) is 0 Å². The zero-order valence-corrected chi connectivity index (χ0v) is 12.7. The van der Waals surface area contributed by atoms with E-state index in [0.717, 1.165) is 23.1 Å². The molecule has 7 heteroatoms. The summed E-state index contributed by atoms with van der Waals surface area (Å²) in [5.41, 5.74) is 10.7. The second kappa shape index (κ2) is 8.09. The first-order chi connectivity index (χ1) is 9.42. The Labute approximate surface area is 128 Å². The largest absolute Gasteiger partial charge is 0.370 e. The van der Waals surface area contributed by atoms with E-state index in [-0.39, 0.29) is 12.4 Å². The molecule has 0 aromatic heterocycles. The van der Waals surface area contributed by atoms with Crippen LogP contribution in [0.1, 0.15) is 17.9 Å². The van der Waals surface area contributed by atoms with Crippen molar-refractivity contribution in [2.24, 2.45) is 16.5 Å². The van der Waals surface area contributed by atoms with Gasteiger partial charge < -0.3 is 16.4 Å². The smallest absolute Gasteiger partial charge is 0.236 e. The van der Waals surface area contributed by atoms with Crippen LogP contribution in [0, 0.1) is 0 Å². The van der Waals surface area contributed by atoms with Gasteiger partial charge in [-0.25, -0.2) is 0 Å². The molecular weight excluding hydrogens is 299 g/mol. The monoisotopic (exact) mass is 316 g/mol.